The molecule has 0 aliphatic rings. The fourth-order valence-electron chi connectivity index (χ4n) is 2.13. The van der Waals surface area contributed by atoms with E-state index in [1.54, 1.807) is 0 Å². The lowest BCUT2D eigenvalue weighted by atomic mass is 10.1. The summed E-state index contributed by atoms with van der Waals surface area (Å²) in [6.07, 6.45) is 0.644. The lowest BCUT2D eigenvalue weighted by Crippen LogP contribution is -2.08. The van der Waals surface area contributed by atoms with Gasteiger partial charge in [-0.05, 0) is 23.3 Å². The zero-order valence-electron chi connectivity index (χ0n) is 11.3. The average Bonchev–Trinajstić information content (AvgIpc) is 2.95. The standard InChI is InChI=1S/C16H16N2O2/c1-2-14(19)10-15-17-16(18-20-15)13-8-7-11-5-3-4-6-12(11)9-13/h3-9,14,19H,2,10H2,1H3. The van der Waals surface area contributed by atoms with Gasteiger partial charge in [-0.15, -0.1) is 0 Å². The van der Waals surface area contributed by atoms with Gasteiger partial charge in [0.05, 0.1) is 12.5 Å². The number of hydrogen-bond acceptors (Lipinski definition) is 4. The van der Waals surface area contributed by atoms with Crippen LogP contribution in [0.25, 0.3) is 22.2 Å². The molecule has 1 unspecified atom stereocenters. The van der Waals surface area contributed by atoms with Crippen molar-refractivity contribution >= 4 is 10.8 Å². The predicted molar refractivity (Wildman–Crippen MR) is 77.2 cm³/mol. The van der Waals surface area contributed by atoms with E-state index >= 15 is 0 Å². The maximum absolute atomic E-state index is 9.60. The molecule has 4 nitrogen and oxygen atoms in total. The van der Waals surface area contributed by atoms with Crippen molar-refractivity contribution in [2.75, 3.05) is 0 Å². The van der Waals surface area contributed by atoms with Gasteiger partial charge in [-0.2, -0.15) is 4.98 Å². The Balaban J connectivity index is 1.91. The van der Waals surface area contributed by atoms with Crippen molar-refractivity contribution in [3.8, 4) is 11.4 Å². The van der Waals surface area contributed by atoms with E-state index in [9.17, 15) is 5.11 Å². The molecule has 0 amide bonds. The first kappa shape index (κ1) is 12.8. The van der Waals surface area contributed by atoms with Crippen LogP contribution in [0.15, 0.2) is 47.0 Å². The van der Waals surface area contributed by atoms with Crippen molar-refractivity contribution < 1.29 is 9.63 Å². The molecule has 3 aromatic rings. The molecule has 102 valence electrons. The second-order valence-corrected chi connectivity index (χ2v) is 4.84. The number of aliphatic hydroxyl groups is 1. The van der Waals surface area contributed by atoms with Crippen molar-refractivity contribution in [2.45, 2.75) is 25.9 Å². The van der Waals surface area contributed by atoms with Crippen LogP contribution in [0.5, 0.6) is 0 Å². The lowest BCUT2D eigenvalue weighted by Gasteiger charge is -2.01. The molecule has 1 atom stereocenters. The molecule has 0 saturated carbocycles. The Morgan fingerprint density at radius 3 is 2.75 bits per heavy atom. The fourth-order valence-corrected chi connectivity index (χ4v) is 2.13. The number of benzene rings is 2. The molecule has 2 aromatic carbocycles. The zero-order chi connectivity index (χ0) is 13.9. The molecule has 4 heteroatoms. The first-order valence-corrected chi connectivity index (χ1v) is 6.76. The van der Waals surface area contributed by atoms with Crippen LogP contribution in [0, 0.1) is 0 Å². The summed E-state index contributed by atoms with van der Waals surface area (Å²) in [6.45, 7) is 1.92. The number of fused-ring (bicyclic) bond motifs is 1. The molecule has 1 N–H and O–H groups in total. The third-order valence-electron chi connectivity index (χ3n) is 3.36. The van der Waals surface area contributed by atoms with Crippen LogP contribution in [-0.2, 0) is 6.42 Å². The normalized spacial score (nSPS) is 12.7. The molecular formula is C16H16N2O2. The second-order valence-electron chi connectivity index (χ2n) is 4.84. The quantitative estimate of drug-likeness (QED) is 0.789. The van der Waals surface area contributed by atoms with Gasteiger partial charge in [-0.1, -0.05) is 48.5 Å². The first-order chi connectivity index (χ1) is 9.76. The maximum atomic E-state index is 9.60. The number of aromatic nitrogens is 2. The topological polar surface area (TPSA) is 59.2 Å². The highest BCUT2D eigenvalue weighted by Crippen LogP contribution is 2.22. The Bertz CT molecular complexity index is 721. The van der Waals surface area contributed by atoms with E-state index in [2.05, 4.69) is 22.3 Å². The molecular weight excluding hydrogens is 252 g/mol. The maximum Gasteiger partial charge on any atom is 0.229 e. The van der Waals surface area contributed by atoms with Crippen molar-refractivity contribution in [1.82, 2.24) is 10.1 Å². The monoisotopic (exact) mass is 268 g/mol. The summed E-state index contributed by atoms with van der Waals surface area (Å²) in [7, 11) is 0. The first-order valence-electron chi connectivity index (χ1n) is 6.76. The minimum atomic E-state index is -0.431. The summed E-state index contributed by atoms with van der Waals surface area (Å²) in [5.41, 5.74) is 0.921. The van der Waals surface area contributed by atoms with Gasteiger partial charge in [0.2, 0.25) is 11.7 Å². The molecule has 0 aliphatic carbocycles. The molecule has 1 heterocycles. The van der Waals surface area contributed by atoms with Crippen molar-refractivity contribution in [3.63, 3.8) is 0 Å². The number of aliphatic hydroxyl groups excluding tert-OH is 1. The van der Waals surface area contributed by atoms with Crippen molar-refractivity contribution in [3.05, 3.63) is 48.4 Å². The molecule has 0 aliphatic heterocycles. The number of hydrogen-bond donors (Lipinski definition) is 1. The predicted octanol–water partition coefficient (Wildman–Crippen LogP) is 3.20. The SMILES string of the molecule is CCC(O)Cc1nc(-c2ccc3ccccc3c2)no1. The van der Waals surface area contributed by atoms with Crippen LogP contribution in [-0.4, -0.2) is 21.4 Å². The van der Waals surface area contributed by atoms with E-state index in [0.29, 0.717) is 24.6 Å². The summed E-state index contributed by atoms with van der Waals surface area (Å²) < 4.78 is 5.18. The fraction of sp³-hybridized carbons (Fsp3) is 0.250. The van der Waals surface area contributed by atoms with E-state index in [0.717, 1.165) is 10.9 Å². The molecule has 0 fully saturated rings. The summed E-state index contributed by atoms with van der Waals surface area (Å²) in [5, 5.41) is 15.9. The van der Waals surface area contributed by atoms with Crippen LogP contribution in [0.4, 0.5) is 0 Å². The van der Waals surface area contributed by atoms with Gasteiger partial charge in [0.25, 0.3) is 0 Å². The van der Waals surface area contributed by atoms with Gasteiger partial charge in [-0.25, -0.2) is 0 Å². The highest BCUT2D eigenvalue weighted by Gasteiger charge is 2.12. The van der Waals surface area contributed by atoms with E-state index in [-0.39, 0.29) is 0 Å². The molecule has 3 rings (SSSR count). The van der Waals surface area contributed by atoms with Gasteiger partial charge in [0.1, 0.15) is 0 Å². The summed E-state index contributed by atoms with van der Waals surface area (Å²) >= 11 is 0. The highest BCUT2D eigenvalue weighted by molar-refractivity contribution is 5.86. The van der Waals surface area contributed by atoms with Crippen LogP contribution in [0.3, 0.4) is 0 Å². The largest absolute Gasteiger partial charge is 0.393 e. The van der Waals surface area contributed by atoms with Gasteiger partial charge in [-0.3, -0.25) is 0 Å². The summed E-state index contributed by atoms with van der Waals surface area (Å²) in [5.74, 6) is 1.04. The van der Waals surface area contributed by atoms with Gasteiger partial charge in [0.15, 0.2) is 0 Å². The average molecular weight is 268 g/mol. The Labute approximate surface area is 117 Å². The smallest absolute Gasteiger partial charge is 0.229 e. The summed E-state index contributed by atoms with van der Waals surface area (Å²) in [6, 6.07) is 14.2. The minimum absolute atomic E-state index is 0.400. The van der Waals surface area contributed by atoms with E-state index in [4.69, 9.17) is 4.52 Å². The van der Waals surface area contributed by atoms with Crippen molar-refractivity contribution in [1.29, 1.82) is 0 Å². The minimum Gasteiger partial charge on any atom is -0.393 e. The number of nitrogens with zero attached hydrogens (tertiary/aromatic N) is 2. The van der Waals surface area contributed by atoms with E-state index in [1.807, 2.05) is 37.3 Å². The van der Waals surface area contributed by atoms with Crippen LogP contribution in [0.2, 0.25) is 0 Å². The Hall–Kier alpha value is -2.20. The molecule has 20 heavy (non-hydrogen) atoms. The second kappa shape index (κ2) is 5.43. The number of rotatable bonds is 4. The Kier molecular flexibility index (Phi) is 3.48. The van der Waals surface area contributed by atoms with E-state index in [1.165, 1.54) is 5.39 Å². The molecule has 1 aromatic heterocycles. The van der Waals surface area contributed by atoms with Gasteiger partial charge in [0, 0.05) is 5.56 Å². The summed E-state index contributed by atoms with van der Waals surface area (Å²) in [4.78, 5) is 4.34. The molecule has 0 bridgehead atoms. The van der Waals surface area contributed by atoms with E-state index < -0.39 is 6.10 Å². The molecule has 0 radical (unpaired) electrons. The van der Waals surface area contributed by atoms with Crippen molar-refractivity contribution in [2.24, 2.45) is 0 Å². The zero-order valence-corrected chi connectivity index (χ0v) is 11.3. The molecule has 0 saturated heterocycles. The highest BCUT2D eigenvalue weighted by atomic mass is 16.5. The molecule has 0 spiro atoms. The third kappa shape index (κ3) is 2.56. The van der Waals surface area contributed by atoms with Crippen LogP contribution < -0.4 is 0 Å². The Morgan fingerprint density at radius 2 is 1.95 bits per heavy atom. The Morgan fingerprint density at radius 1 is 1.15 bits per heavy atom. The third-order valence-corrected chi connectivity index (χ3v) is 3.36. The van der Waals surface area contributed by atoms with Gasteiger partial charge >= 0.3 is 0 Å². The van der Waals surface area contributed by atoms with Crippen LogP contribution >= 0.6 is 0 Å². The van der Waals surface area contributed by atoms with Crippen LogP contribution in [0.1, 0.15) is 19.2 Å². The van der Waals surface area contributed by atoms with Gasteiger partial charge < -0.3 is 9.63 Å². The lowest BCUT2D eigenvalue weighted by molar-refractivity contribution is 0.158.